The number of hydrogen-bond acceptors (Lipinski definition) is 7. The summed E-state index contributed by atoms with van der Waals surface area (Å²) < 4.78 is 11.2. The molecule has 9 heteroatoms. The van der Waals surface area contributed by atoms with Crippen molar-refractivity contribution in [2.75, 3.05) is 49.6 Å². The average molecular weight is 423 g/mol. The van der Waals surface area contributed by atoms with Crippen LogP contribution in [0.25, 0.3) is 0 Å². The second kappa shape index (κ2) is 8.50. The normalized spacial score (nSPS) is 21.4. The molecule has 3 saturated heterocycles. The predicted octanol–water partition coefficient (Wildman–Crippen LogP) is 1.18. The molecule has 3 aliphatic rings. The molecule has 0 spiro atoms. The van der Waals surface area contributed by atoms with Crippen molar-refractivity contribution in [3.8, 4) is 5.75 Å². The van der Waals surface area contributed by atoms with E-state index in [-0.39, 0.29) is 29.8 Å². The predicted molar refractivity (Wildman–Crippen MR) is 113 cm³/mol. The molecule has 3 fully saturated rings. The van der Waals surface area contributed by atoms with Crippen molar-refractivity contribution >= 4 is 23.2 Å². The van der Waals surface area contributed by atoms with E-state index in [1.807, 2.05) is 35.2 Å². The first-order chi connectivity index (χ1) is 15.2. The van der Waals surface area contributed by atoms with E-state index in [1.165, 1.54) is 0 Å². The van der Waals surface area contributed by atoms with Gasteiger partial charge in [0.05, 0.1) is 49.6 Å². The van der Waals surface area contributed by atoms with Crippen LogP contribution in [0.4, 0.5) is 11.4 Å². The standard InChI is InChI=1S/C22H25N5O4/c28-21(16-10-26(11-16)18-5-7-23-24-9-18)25-17-1-3-19(4-2-17)31-20-12-27(13-20)22(29)15-6-8-30-14-15/h1-5,7,9,15-16,20H,6,8,10-14H2,(H,25,28). The topological polar surface area (TPSA) is 96.9 Å². The molecule has 5 rings (SSSR count). The maximum Gasteiger partial charge on any atom is 0.231 e. The Morgan fingerprint density at radius 1 is 1.03 bits per heavy atom. The number of rotatable bonds is 6. The number of aromatic nitrogens is 2. The number of likely N-dealkylation sites (tertiary alicyclic amines) is 1. The summed E-state index contributed by atoms with van der Waals surface area (Å²) in [5.74, 6) is 0.876. The van der Waals surface area contributed by atoms with E-state index in [0.29, 0.717) is 39.4 Å². The minimum Gasteiger partial charge on any atom is -0.487 e. The molecule has 1 atom stereocenters. The molecule has 1 N–H and O–H groups in total. The number of carbonyl (C=O) groups excluding carboxylic acids is 2. The Balaban J connectivity index is 1.05. The monoisotopic (exact) mass is 423 g/mol. The fourth-order valence-corrected chi connectivity index (χ4v) is 4.06. The number of carbonyl (C=O) groups is 2. The summed E-state index contributed by atoms with van der Waals surface area (Å²) in [6.45, 7) is 3.77. The highest BCUT2D eigenvalue weighted by Crippen LogP contribution is 2.26. The molecule has 3 aliphatic heterocycles. The van der Waals surface area contributed by atoms with Crippen LogP contribution in [0.1, 0.15) is 6.42 Å². The molecule has 9 nitrogen and oxygen atoms in total. The molecule has 0 aliphatic carbocycles. The molecule has 162 valence electrons. The zero-order valence-corrected chi connectivity index (χ0v) is 17.1. The second-order valence-corrected chi connectivity index (χ2v) is 8.26. The molecule has 2 amide bonds. The number of anilines is 2. The van der Waals surface area contributed by atoms with Crippen LogP contribution in [-0.2, 0) is 14.3 Å². The smallest absolute Gasteiger partial charge is 0.231 e. The summed E-state index contributed by atoms with van der Waals surface area (Å²) >= 11 is 0. The van der Waals surface area contributed by atoms with Crippen LogP contribution in [0.15, 0.2) is 42.7 Å². The van der Waals surface area contributed by atoms with E-state index < -0.39 is 0 Å². The van der Waals surface area contributed by atoms with Crippen molar-refractivity contribution in [2.24, 2.45) is 11.8 Å². The molecule has 31 heavy (non-hydrogen) atoms. The first-order valence-electron chi connectivity index (χ1n) is 10.6. The highest BCUT2D eigenvalue weighted by atomic mass is 16.5. The van der Waals surface area contributed by atoms with Crippen LogP contribution in [0.5, 0.6) is 5.75 Å². The van der Waals surface area contributed by atoms with E-state index >= 15 is 0 Å². The Morgan fingerprint density at radius 3 is 2.52 bits per heavy atom. The zero-order chi connectivity index (χ0) is 21.2. The lowest BCUT2D eigenvalue weighted by Gasteiger charge is -2.40. The average Bonchev–Trinajstić information content (AvgIpc) is 3.26. The fourth-order valence-electron chi connectivity index (χ4n) is 4.06. The van der Waals surface area contributed by atoms with Gasteiger partial charge in [-0.2, -0.15) is 10.2 Å². The van der Waals surface area contributed by atoms with Crippen molar-refractivity contribution in [3.63, 3.8) is 0 Å². The SMILES string of the molecule is O=C(Nc1ccc(OC2CN(C(=O)C3CCOC3)C2)cc1)C1CN(c2ccnnc2)C1. The second-order valence-electron chi connectivity index (χ2n) is 8.26. The first kappa shape index (κ1) is 19.7. The summed E-state index contributed by atoms with van der Waals surface area (Å²) in [5.41, 5.74) is 1.72. The third-order valence-electron chi connectivity index (χ3n) is 6.05. The van der Waals surface area contributed by atoms with E-state index in [4.69, 9.17) is 9.47 Å². The van der Waals surface area contributed by atoms with E-state index in [1.54, 1.807) is 12.4 Å². The van der Waals surface area contributed by atoms with Crippen molar-refractivity contribution in [3.05, 3.63) is 42.7 Å². The van der Waals surface area contributed by atoms with E-state index in [9.17, 15) is 9.59 Å². The van der Waals surface area contributed by atoms with Crippen LogP contribution >= 0.6 is 0 Å². The highest BCUT2D eigenvalue weighted by molar-refractivity contribution is 5.94. The number of nitrogens with zero attached hydrogens (tertiary/aromatic N) is 4. The molecule has 1 unspecified atom stereocenters. The zero-order valence-electron chi connectivity index (χ0n) is 17.1. The van der Waals surface area contributed by atoms with Gasteiger partial charge in [0.2, 0.25) is 11.8 Å². The third kappa shape index (κ3) is 4.32. The number of ether oxygens (including phenoxy) is 2. The van der Waals surface area contributed by atoms with Crippen LogP contribution in [0, 0.1) is 11.8 Å². The summed E-state index contributed by atoms with van der Waals surface area (Å²) in [5, 5.41) is 10.6. The maximum absolute atomic E-state index is 12.5. The summed E-state index contributed by atoms with van der Waals surface area (Å²) in [7, 11) is 0. The maximum atomic E-state index is 12.5. The van der Waals surface area contributed by atoms with Gasteiger partial charge in [-0.25, -0.2) is 0 Å². The van der Waals surface area contributed by atoms with Gasteiger partial charge in [-0.15, -0.1) is 0 Å². The molecule has 2 aromatic rings. The summed E-state index contributed by atoms with van der Waals surface area (Å²) in [6.07, 6.45) is 4.17. The number of benzene rings is 1. The van der Waals surface area contributed by atoms with Crippen LogP contribution in [0.3, 0.4) is 0 Å². The van der Waals surface area contributed by atoms with E-state index in [0.717, 1.165) is 23.5 Å². The molecular weight excluding hydrogens is 398 g/mol. The van der Waals surface area contributed by atoms with E-state index in [2.05, 4.69) is 20.4 Å². The Labute approximate surface area is 180 Å². The largest absolute Gasteiger partial charge is 0.487 e. The molecule has 0 bridgehead atoms. The summed E-state index contributed by atoms with van der Waals surface area (Å²) in [4.78, 5) is 28.7. The van der Waals surface area contributed by atoms with Gasteiger partial charge in [0.1, 0.15) is 11.9 Å². The molecule has 0 radical (unpaired) electrons. The van der Waals surface area contributed by atoms with Crippen molar-refractivity contribution < 1.29 is 19.1 Å². The minimum atomic E-state index is -0.0483. The van der Waals surface area contributed by atoms with Crippen molar-refractivity contribution in [1.29, 1.82) is 0 Å². The molecule has 1 aromatic heterocycles. The Bertz CT molecular complexity index is 921. The molecule has 0 saturated carbocycles. The molecule has 1 aromatic carbocycles. The number of nitrogens with one attached hydrogen (secondary N) is 1. The molecular formula is C22H25N5O4. The van der Waals surface area contributed by atoms with Gasteiger partial charge in [0, 0.05) is 25.4 Å². The first-order valence-corrected chi connectivity index (χ1v) is 10.6. The number of amides is 2. The highest BCUT2D eigenvalue weighted by Gasteiger charge is 2.37. The van der Waals surface area contributed by atoms with Crippen LogP contribution < -0.4 is 15.0 Å². The third-order valence-corrected chi connectivity index (χ3v) is 6.05. The van der Waals surface area contributed by atoms with Gasteiger partial charge in [0.25, 0.3) is 0 Å². The Hall–Kier alpha value is -3.20. The van der Waals surface area contributed by atoms with Gasteiger partial charge in [-0.1, -0.05) is 0 Å². The van der Waals surface area contributed by atoms with Crippen molar-refractivity contribution in [1.82, 2.24) is 15.1 Å². The van der Waals surface area contributed by atoms with Gasteiger partial charge in [0.15, 0.2) is 0 Å². The Morgan fingerprint density at radius 2 is 1.84 bits per heavy atom. The van der Waals surface area contributed by atoms with Crippen LogP contribution in [0.2, 0.25) is 0 Å². The van der Waals surface area contributed by atoms with Crippen LogP contribution in [-0.4, -0.2) is 72.4 Å². The van der Waals surface area contributed by atoms with Gasteiger partial charge in [-0.05, 0) is 36.8 Å². The fraction of sp³-hybridized carbons (Fsp3) is 0.455. The van der Waals surface area contributed by atoms with Gasteiger partial charge >= 0.3 is 0 Å². The van der Waals surface area contributed by atoms with Gasteiger partial charge < -0.3 is 24.6 Å². The lowest BCUT2D eigenvalue weighted by molar-refractivity contribution is -0.144. The Kier molecular flexibility index (Phi) is 5.42. The quantitative estimate of drug-likeness (QED) is 0.745. The summed E-state index contributed by atoms with van der Waals surface area (Å²) in [6, 6.07) is 9.27. The van der Waals surface area contributed by atoms with Gasteiger partial charge in [-0.3, -0.25) is 9.59 Å². The minimum absolute atomic E-state index is 0.00737. The van der Waals surface area contributed by atoms with Crippen molar-refractivity contribution in [2.45, 2.75) is 12.5 Å². The molecule has 4 heterocycles. The number of hydrogen-bond donors (Lipinski definition) is 1. The lowest BCUT2D eigenvalue weighted by atomic mass is 9.98. The lowest BCUT2D eigenvalue weighted by Crippen LogP contribution is -2.57.